The van der Waals surface area contributed by atoms with E-state index >= 15 is 0 Å². The van der Waals surface area contributed by atoms with Crippen LogP contribution in [-0.2, 0) is 0 Å². The van der Waals surface area contributed by atoms with E-state index < -0.39 is 17.5 Å². The molecule has 0 radical (unpaired) electrons. The average molecular weight is 262 g/mol. The summed E-state index contributed by atoms with van der Waals surface area (Å²) < 4.78 is 26.4. The molecule has 0 bridgehead atoms. The molecule has 0 aliphatic rings. The van der Waals surface area contributed by atoms with E-state index in [-0.39, 0.29) is 5.56 Å². The minimum atomic E-state index is -0.779. The van der Waals surface area contributed by atoms with Crippen LogP contribution in [0.2, 0.25) is 0 Å². The van der Waals surface area contributed by atoms with E-state index in [0.717, 1.165) is 23.8 Å². The smallest absolute Gasteiger partial charge is 0.258 e. The molecule has 2 aromatic rings. The van der Waals surface area contributed by atoms with Gasteiger partial charge in [-0.05, 0) is 42.8 Å². The average Bonchev–Trinajstić information content (AvgIpc) is 2.36. The number of nitrogens with one attached hydrogen (secondary N) is 1. The summed E-state index contributed by atoms with van der Waals surface area (Å²) in [6, 6.07) is 7.64. The molecule has 0 atom stereocenters. The van der Waals surface area contributed by atoms with Gasteiger partial charge in [0.05, 0.1) is 5.56 Å². The Kier molecular flexibility index (Phi) is 3.46. The van der Waals surface area contributed by atoms with E-state index in [1.54, 1.807) is 18.2 Å². The normalized spacial score (nSPS) is 10.3. The predicted octanol–water partition coefficient (Wildman–Crippen LogP) is 3.11. The standard InChI is InChI=1S/C14H12F2N2O/c1-8-2-4-10(7-13(8)17)18-14(19)11-6-9(15)3-5-12(11)16/h2-7H,17H2,1H3,(H,18,19). The third-order valence-corrected chi connectivity index (χ3v) is 2.71. The van der Waals surface area contributed by atoms with Gasteiger partial charge in [-0.2, -0.15) is 0 Å². The third kappa shape index (κ3) is 2.88. The Morgan fingerprint density at radius 1 is 1.16 bits per heavy atom. The molecule has 3 nitrogen and oxygen atoms in total. The van der Waals surface area contributed by atoms with Crippen LogP contribution in [0, 0.1) is 18.6 Å². The molecule has 98 valence electrons. The Hall–Kier alpha value is -2.43. The molecule has 0 saturated carbocycles. The highest BCUT2D eigenvalue weighted by atomic mass is 19.1. The summed E-state index contributed by atoms with van der Waals surface area (Å²) in [5, 5.41) is 2.47. The second kappa shape index (κ2) is 5.06. The quantitative estimate of drug-likeness (QED) is 0.817. The molecule has 0 spiro atoms. The van der Waals surface area contributed by atoms with Gasteiger partial charge in [0.2, 0.25) is 0 Å². The van der Waals surface area contributed by atoms with Gasteiger partial charge >= 0.3 is 0 Å². The molecule has 2 rings (SSSR count). The molecule has 3 N–H and O–H groups in total. The van der Waals surface area contributed by atoms with Crippen molar-refractivity contribution < 1.29 is 13.6 Å². The second-order valence-corrected chi connectivity index (χ2v) is 4.15. The van der Waals surface area contributed by atoms with Gasteiger partial charge < -0.3 is 11.1 Å². The van der Waals surface area contributed by atoms with Crippen LogP contribution < -0.4 is 11.1 Å². The van der Waals surface area contributed by atoms with Gasteiger partial charge in [-0.3, -0.25) is 4.79 Å². The second-order valence-electron chi connectivity index (χ2n) is 4.15. The van der Waals surface area contributed by atoms with Crippen LogP contribution in [-0.4, -0.2) is 5.91 Å². The Morgan fingerprint density at radius 2 is 1.89 bits per heavy atom. The van der Waals surface area contributed by atoms with Crippen molar-refractivity contribution in [2.45, 2.75) is 6.92 Å². The largest absolute Gasteiger partial charge is 0.398 e. The van der Waals surface area contributed by atoms with Crippen molar-refractivity contribution in [1.29, 1.82) is 0 Å². The lowest BCUT2D eigenvalue weighted by molar-refractivity contribution is 0.102. The first-order chi connectivity index (χ1) is 8.97. The molecular formula is C14H12F2N2O. The van der Waals surface area contributed by atoms with Crippen LogP contribution >= 0.6 is 0 Å². The summed E-state index contributed by atoms with van der Waals surface area (Å²) in [4.78, 5) is 11.8. The molecule has 0 aliphatic heterocycles. The summed E-state index contributed by atoms with van der Waals surface area (Å²) >= 11 is 0. The van der Waals surface area contributed by atoms with E-state index in [9.17, 15) is 13.6 Å². The lowest BCUT2D eigenvalue weighted by atomic mass is 10.1. The first kappa shape index (κ1) is 13.0. The Labute approximate surface area is 109 Å². The van der Waals surface area contributed by atoms with E-state index in [1.807, 2.05) is 6.92 Å². The minimum absolute atomic E-state index is 0.348. The number of rotatable bonds is 2. The SMILES string of the molecule is Cc1ccc(NC(=O)c2cc(F)ccc2F)cc1N. The van der Waals surface area contributed by atoms with E-state index in [0.29, 0.717) is 11.4 Å². The van der Waals surface area contributed by atoms with Crippen molar-refractivity contribution in [3.63, 3.8) is 0 Å². The summed E-state index contributed by atoms with van der Waals surface area (Å²) in [5.74, 6) is -2.17. The van der Waals surface area contributed by atoms with Crippen LogP contribution in [0.5, 0.6) is 0 Å². The van der Waals surface area contributed by atoms with Crippen molar-refractivity contribution in [1.82, 2.24) is 0 Å². The van der Waals surface area contributed by atoms with Gasteiger partial charge in [0.15, 0.2) is 0 Å². The monoisotopic (exact) mass is 262 g/mol. The van der Waals surface area contributed by atoms with E-state index in [1.165, 1.54) is 0 Å². The van der Waals surface area contributed by atoms with Gasteiger partial charge in [-0.25, -0.2) is 8.78 Å². The fraction of sp³-hybridized carbons (Fsp3) is 0.0714. The van der Waals surface area contributed by atoms with Gasteiger partial charge in [-0.15, -0.1) is 0 Å². The lowest BCUT2D eigenvalue weighted by Crippen LogP contribution is -2.14. The molecule has 2 aromatic carbocycles. The highest BCUT2D eigenvalue weighted by Crippen LogP contribution is 2.18. The third-order valence-electron chi connectivity index (χ3n) is 2.71. The number of anilines is 2. The maximum Gasteiger partial charge on any atom is 0.258 e. The topological polar surface area (TPSA) is 55.1 Å². The van der Waals surface area contributed by atoms with Crippen molar-refractivity contribution in [3.8, 4) is 0 Å². The number of halogens is 2. The summed E-state index contributed by atoms with van der Waals surface area (Å²) in [7, 11) is 0. The molecular weight excluding hydrogens is 250 g/mol. The fourth-order valence-electron chi connectivity index (χ4n) is 1.59. The van der Waals surface area contributed by atoms with E-state index in [4.69, 9.17) is 5.73 Å². The Balaban J connectivity index is 2.25. The van der Waals surface area contributed by atoms with Crippen LogP contribution in [0.25, 0.3) is 0 Å². The maximum atomic E-state index is 13.4. The van der Waals surface area contributed by atoms with Crippen LogP contribution in [0.1, 0.15) is 15.9 Å². The zero-order valence-electron chi connectivity index (χ0n) is 10.2. The zero-order chi connectivity index (χ0) is 14.0. The molecule has 1 amide bonds. The number of nitrogen functional groups attached to an aromatic ring is 1. The molecule has 0 aromatic heterocycles. The van der Waals surface area contributed by atoms with Crippen molar-refractivity contribution in [2.24, 2.45) is 0 Å². The van der Waals surface area contributed by atoms with E-state index in [2.05, 4.69) is 5.32 Å². The van der Waals surface area contributed by atoms with Crippen LogP contribution in [0.15, 0.2) is 36.4 Å². The molecule has 0 aliphatic carbocycles. The number of carbonyl (C=O) groups excluding carboxylic acids is 1. The summed E-state index contributed by atoms with van der Waals surface area (Å²) in [5.41, 5.74) is 7.17. The molecule has 0 unspecified atom stereocenters. The van der Waals surface area contributed by atoms with Crippen molar-refractivity contribution in [3.05, 3.63) is 59.2 Å². The highest BCUT2D eigenvalue weighted by molar-refractivity contribution is 6.04. The molecule has 0 saturated heterocycles. The van der Waals surface area contributed by atoms with Crippen molar-refractivity contribution >= 4 is 17.3 Å². The highest BCUT2D eigenvalue weighted by Gasteiger charge is 2.13. The number of carbonyl (C=O) groups is 1. The van der Waals surface area contributed by atoms with Gasteiger partial charge in [-0.1, -0.05) is 6.07 Å². The maximum absolute atomic E-state index is 13.4. The van der Waals surface area contributed by atoms with Gasteiger partial charge in [0.1, 0.15) is 11.6 Å². The molecule has 0 heterocycles. The Bertz CT molecular complexity index is 641. The van der Waals surface area contributed by atoms with Gasteiger partial charge in [0.25, 0.3) is 5.91 Å². The Morgan fingerprint density at radius 3 is 2.58 bits per heavy atom. The van der Waals surface area contributed by atoms with Crippen LogP contribution in [0.4, 0.5) is 20.2 Å². The minimum Gasteiger partial charge on any atom is -0.398 e. The molecule has 5 heteroatoms. The number of hydrogen-bond donors (Lipinski definition) is 2. The number of nitrogens with two attached hydrogens (primary N) is 1. The number of hydrogen-bond acceptors (Lipinski definition) is 2. The molecule has 0 fully saturated rings. The lowest BCUT2D eigenvalue weighted by Gasteiger charge is -2.08. The number of benzene rings is 2. The predicted molar refractivity (Wildman–Crippen MR) is 69.9 cm³/mol. The summed E-state index contributed by atoms with van der Waals surface area (Å²) in [6.07, 6.45) is 0. The first-order valence-electron chi connectivity index (χ1n) is 5.60. The summed E-state index contributed by atoms with van der Waals surface area (Å²) in [6.45, 7) is 1.83. The molecule has 19 heavy (non-hydrogen) atoms. The number of amides is 1. The fourth-order valence-corrected chi connectivity index (χ4v) is 1.59. The van der Waals surface area contributed by atoms with Crippen LogP contribution in [0.3, 0.4) is 0 Å². The first-order valence-corrected chi connectivity index (χ1v) is 5.60. The van der Waals surface area contributed by atoms with Gasteiger partial charge in [0, 0.05) is 11.4 Å². The van der Waals surface area contributed by atoms with Crippen molar-refractivity contribution in [2.75, 3.05) is 11.1 Å². The zero-order valence-corrected chi connectivity index (χ0v) is 10.2. The number of aryl methyl sites for hydroxylation is 1.